The molecule has 1 aliphatic rings. The van der Waals surface area contributed by atoms with Crippen LogP contribution in [0.1, 0.15) is 0 Å². The third-order valence-electron chi connectivity index (χ3n) is 2.01. The van der Waals surface area contributed by atoms with E-state index in [1.54, 1.807) is 0 Å². The molecular formula is C8H17N3OS. The Bertz CT molecular complexity index is 159. The van der Waals surface area contributed by atoms with Gasteiger partial charge in [0.2, 0.25) is 0 Å². The number of hydrogen-bond donors (Lipinski definition) is 2. The van der Waals surface area contributed by atoms with Gasteiger partial charge in [0, 0.05) is 32.7 Å². The van der Waals surface area contributed by atoms with Gasteiger partial charge in [-0.2, -0.15) is 0 Å². The van der Waals surface area contributed by atoms with Crippen molar-refractivity contribution < 1.29 is 4.74 Å². The molecule has 1 heterocycles. The minimum absolute atomic E-state index is 0.530. The number of nitrogens with one attached hydrogen (secondary N) is 1. The molecule has 1 saturated heterocycles. The van der Waals surface area contributed by atoms with Crippen LogP contribution >= 0.6 is 12.2 Å². The topological polar surface area (TPSA) is 50.5 Å². The Kier molecular flexibility index (Phi) is 5.22. The predicted octanol–water partition coefficient (Wildman–Crippen LogP) is -0.806. The molecule has 76 valence electrons. The number of hydrogen-bond acceptors (Lipinski definition) is 4. The fraction of sp³-hybridized carbons (Fsp3) is 0.875. The molecule has 1 fully saturated rings. The van der Waals surface area contributed by atoms with Gasteiger partial charge in [-0.25, -0.2) is 0 Å². The standard InChI is InChI=1S/C8H17N3OS/c9-8(13)7-10-1-2-11-3-5-12-6-4-11/h10H,1-7H2,(H2,9,13). The van der Waals surface area contributed by atoms with Crippen LogP contribution < -0.4 is 11.1 Å². The molecule has 4 nitrogen and oxygen atoms in total. The van der Waals surface area contributed by atoms with Gasteiger partial charge in [-0.1, -0.05) is 12.2 Å². The highest BCUT2D eigenvalue weighted by atomic mass is 32.1. The van der Waals surface area contributed by atoms with E-state index in [4.69, 9.17) is 22.7 Å². The first-order chi connectivity index (χ1) is 6.29. The average molecular weight is 203 g/mol. The second-order valence-electron chi connectivity index (χ2n) is 3.10. The van der Waals surface area contributed by atoms with E-state index in [1.165, 1.54) is 0 Å². The molecule has 0 unspecified atom stereocenters. The van der Waals surface area contributed by atoms with E-state index < -0.39 is 0 Å². The zero-order valence-corrected chi connectivity index (χ0v) is 8.61. The van der Waals surface area contributed by atoms with Crippen molar-refractivity contribution in [1.29, 1.82) is 0 Å². The van der Waals surface area contributed by atoms with E-state index in [-0.39, 0.29) is 0 Å². The molecule has 1 rings (SSSR count). The molecule has 13 heavy (non-hydrogen) atoms. The van der Waals surface area contributed by atoms with Crippen molar-refractivity contribution in [2.24, 2.45) is 5.73 Å². The average Bonchev–Trinajstić information content (AvgIpc) is 2.14. The lowest BCUT2D eigenvalue weighted by molar-refractivity contribution is 0.0386. The number of thiocarbonyl (C=S) groups is 1. The summed E-state index contributed by atoms with van der Waals surface area (Å²) in [5.41, 5.74) is 5.35. The van der Waals surface area contributed by atoms with E-state index in [9.17, 15) is 0 Å². The SMILES string of the molecule is NC(=S)CNCCN1CCOCC1. The highest BCUT2D eigenvalue weighted by Gasteiger charge is 2.08. The number of nitrogens with zero attached hydrogens (tertiary/aromatic N) is 1. The van der Waals surface area contributed by atoms with Crippen LogP contribution in [0.4, 0.5) is 0 Å². The first-order valence-electron chi connectivity index (χ1n) is 4.58. The summed E-state index contributed by atoms with van der Waals surface area (Å²) in [6.45, 7) is 6.41. The molecule has 1 aliphatic heterocycles. The molecule has 0 aliphatic carbocycles. The summed E-state index contributed by atoms with van der Waals surface area (Å²) in [4.78, 5) is 2.90. The van der Waals surface area contributed by atoms with Gasteiger partial charge >= 0.3 is 0 Å². The molecule has 5 heteroatoms. The fourth-order valence-electron chi connectivity index (χ4n) is 1.27. The van der Waals surface area contributed by atoms with Gasteiger partial charge in [-0.05, 0) is 0 Å². The molecule has 3 N–H and O–H groups in total. The van der Waals surface area contributed by atoms with E-state index in [2.05, 4.69) is 10.2 Å². The zero-order valence-electron chi connectivity index (χ0n) is 7.79. The van der Waals surface area contributed by atoms with Crippen LogP contribution in [0.15, 0.2) is 0 Å². The largest absolute Gasteiger partial charge is 0.392 e. The van der Waals surface area contributed by atoms with Gasteiger partial charge in [0.25, 0.3) is 0 Å². The van der Waals surface area contributed by atoms with E-state index in [0.29, 0.717) is 11.5 Å². The lowest BCUT2D eigenvalue weighted by Crippen LogP contribution is -2.41. The summed E-state index contributed by atoms with van der Waals surface area (Å²) in [5.74, 6) is 0. The van der Waals surface area contributed by atoms with Crippen LogP contribution in [0.2, 0.25) is 0 Å². The second-order valence-corrected chi connectivity index (χ2v) is 3.62. The van der Waals surface area contributed by atoms with Crippen LogP contribution in [0, 0.1) is 0 Å². The van der Waals surface area contributed by atoms with Crippen LogP contribution in [-0.4, -0.2) is 55.8 Å². The molecule has 0 saturated carbocycles. The number of nitrogens with two attached hydrogens (primary N) is 1. The minimum Gasteiger partial charge on any atom is -0.392 e. The Hall–Kier alpha value is -0.230. The highest BCUT2D eigenvalue weighted by Crippen LogP contribution is 1.94. The number of rotatable bonds is 5. The zero-order chi connectivity index (χ0) is 9.52. The second kappa shape index (κ2) is 6.26. The van der Waals surface area contributed by atoms with Crippen molar-refractivity contribution in [3.63, 3.8) is 0 Å². The Morgan fingerprint density at radius 3 is 2.77 bits per heavy atom. The minimum atomic E-state index is 0.530. The van der Waals surface area contributed by atoms with Crippen molar-refractivity contribution in [2.45, 2.75) is 0 Å². The van der Waals surface area contributed by atoms with Crippen LogP contribution in [-0.2, 0) is 4.74 Å². The van der Waals surface area contributed by atoms with Crippen molar-refractivity contribution >= 4 is 17.2 Å². The summed E-state index contributed by atoms with van der Waals surface area (Å²) < 4.78 is 5.24. The third-order valence-corrected chi connectivity index (χ3v) is 2.15. The van der Waals surface area contributed by atoms with E-state index in [0.717, 1.165) is 39.4 Å². The quantitative estimate of drug-likeness (QED) is 0.452. The van der Waals surface area contributed by atoms with Crippen LogP contribution in [0.3, 0.4) is 0 Å². The summed E-state index contributed by atoms with van der Waals surface area (Å²) in [6, 6.07) is 0. The van der Waals surface area contributed by atoms with Crippen molar-refractivity contribution in [1.82, 2.24) is 10.2 Å². The van der Waals surface area contributed by atoms with Crippen molar-refractivity contribution in [3.8, 4) is 0 Å². The molecule has 0 amide bonds. The highest BCUT2D eigenvalue weighted by molar-refractivity contribution is 7.80. The molecule has 0 spiro atoms. The maximum Gasteiger partial charge on any atom is 0.0867 e. The fourth-order valence-corrected chi connectivity index (χ4v) is 1.38. The van der Waals surface area contributed by atoms with Gasteiger partial charge in [0.15, 0.2) is 0 Å². The normalized spacial score (nSPS) is 18.8. The molecular weight excluding hydrogens is 186 g/mol. The Balaban J connectivity index is 1.95. The molecule has 0 aromatic carbocycles. The number of morpholine rings is 1. The third kappa shape index (κ3) is 5.15. The van der Waals surface area contributed by atoms with Gasteiger partial charge < -0.3 is 15.8 Å². The summed E-state index contributed by atoms with van der Waals surface area (Å²) in [7, 11) is 0. The van der Waals surface area contributed by atoms with Gasteiger partial charge in [0.1, 0.15) is 0 Å². The summed E-state index contributed by atoms with van der Waals surface area (Å²) >= 11 is 4.75. The first-order valence-corrected chi connectivity index (χ1v) is 4.99. The van der Waals surface area contributed by atoms with Crippen LogP contribution in [0.5, 0.6) is 0 Å². The Morgan fingerprint density at radius 2 is 2.15 bits per heavy atom. The van der Waals surface area contributed by atoms with E-state index in [1.807, 2.05) is 0 Å². The van der Waals surface area contributed by atoms with Crippen molar-refractivity contribution in [3.05, 3.63) is 0 Å². The molecule has 0 radical (unpaired) electrons. The van der Waals surface area contributed by atoms with E-state index >= 15 is 0 Å². The van der Waals surface area contributed by atoms with Gasteiger partial charge in [0.05, 0.1) is 18.2 Å². The maximum absolute atomic E-state index is 5.35. The van der Waals surface area contributed by atoms with Gasteiger partial charge in [-0.3, -0.25) is 4.90 Å². The summed E-state index contributed by atoms with van der Waals surface area (Å²) in [6.07, 6.45) is 0. The Labute approximate surface area is 84.4 Å². The summed E-state index contributed by atoms with van der Waals surface area (Å²) in [5, 5.41) is 3.18. The monoisotopic (exact) mass is 203 g/mol. The number of ether oxygens (including phenoxy) is 1. The Morgan fingerprint density at radius 1 is 1.46 bits per heavy atom. The lowest BCUT2D eigenvalue weighted by atomic mass is 10.4. The van der Waals surface area contributed by atoms with Gasteiger partial charge in [-0.15, -0.1) is 0 Å². The van der Waals surface area contributed by atoms with Crippen LogP contribution in [0.25, 0.3) is 0 Å². The first kappa shape index (κ1) is 10.8. The molecule has 0 aromatic heterocycles. The smallest absolute Gasteiger partial charge is 0.0867 e. The van der Waals surface area contributed by atoms with Crippen molar-refractivity contribution in [2.75, 3.05) is 45.9 Å². The predicted molar refractivity (Wildman–Crippen MR) is 56.9 cm³/mol. The maximum atomic E-state index is 5.35. The molecule has 0 aromatic rings. The molecule has 0 atom stereocenters. The molecule has 0 bridgehead atoms. The lowest BCUT2D eigenvalue weighted by Gasteiger charge is -2.26.